The molecule has 1 rings (SSSR count). The van der Waals surface area contributed by atoms with Crippen molar-refractivity contribution in [3.63, 3.8) is 0 Å². The molecule has 5 heteroatoms. The molecule has 0 saturated carbocycles. The lowest BCUT2D eigenvalue weighted by molar-refractivity contribution is -0.120. The van der Waals surface area contributed by atoms with E-state index < -0.39 is 12.0 Å². The number of hydrogen-bond acceptors (Lipinski definition) is 3. The Bertz CT molecular complexity index is 392. The van der Waals surface area contributed by atoms with Crippen LogP contribution in [0.15, 0.2) is 30.3 Å². The van der Waals surface area contributed by atoms with E-state index in [4.69, 9.17) is 5.11 Å². The molecule has 0 aliphatic rings. The van der Waals surface area contributed by atoms with Crippen LogP contribution in [0.25, 0.3) is 0 Å². The van der Waals surface area contributed by atoms with Gasteiger partial charge in [0.1, 0.15) is 0 Å². The first-order chi connectivity index (χ1) is 8.61. The lowest BCUT2D eigenvalue weighted by atomic mass is 10.1. The summed E-state index contributed by atoms with van der Waals surface area (Å²) >= 11 is 0. The van der Waals surface area contributed by atoms with Gasteiger partial charge in [-0.1, -0.05) is 31.5 Å². The van der Waals surface area contributed by atoms with Gasteiger partial charge in [0.05, 0.1) is 0 Å². The number of hydrogen-bond donors (Lipinski definition) is 3. The van der Waals surface area contributed by atoms with Crippen LogP contribution in [0.5, 0.6) is 0 Å². The number of carboxylic acid groups (broad SMARTS) is 1. The molecule has 1 aromatic rings. The largest absolute Gasteiger partial charge is 0.465 e. The second-order valence-corrected chi connectivity index (χ2v) is 4.05. The Hall–Kier alpha value is -2.04. The van der Waals surface area contributed by atoms with E-state index in [-0.39, 0.29) is 12.5 Å². The Morgan fingerprint density at radius 1 is 1.28 bits per heavy atom. The van der Waals surface area contributed by atoms with E-state index in [2.05, 4.69) is 5.32 Å². The van der Waals surface area contributed by atoms with Gasteiger partial charge in [-0.15, -0.1) is 0 Å². The molecular formula is C13H18N2O3. The molecule has 1 unspecified atom stereocenters. The third kappa shape index (κ3) is 5.34. The SMILES string of the molecule is CCCC(CC(=O)NC(=O)O)Nc1ccccc1. The van der Waals surface area contributed by atoms with Crippen LogP contribution in [0.2, 0.25) is 0 Å². The van der Waals surface area contributed by atoms with Crippen molar-refractivity contribution in [2.24, 2.45) is 0 Å². The predicted molar refractivity (Wildman–Crippen MR) is 69.5 cm³/mol. The minimum absolute atomic E-state index is 0.0586. The fourth-order valence-corrected chi connectivity index (χ4v) is 1.74. The molecule has 1 atom stereocenters. The molecule has 0 fully saturated rings. The van der Waals surface area contributed by atoms with Crippen molar-refractivity contribution in [1.29, 1.82) is 0 Å². The highest BCUT2D eigenvalue weighted by Crippen LogP contribution is 2.12. The van der Waals surface area contributed by atoms with E-state index in [1.807, 2.05) is 42.6 Å². The van der Waals surface area contributed by atoms with Crippen LogP contribution in [0, 0.1) is 0 Å². The van der Waals surface area contributed by atoms with Crippen LogP contribution in [-0.2, 0) is 4.79 Å². The van der Waals surface area contributed by atoms with Crippen LogP contribution in [0.4, 0.5) is 10.5 Å². The van der Waals surface area contributed by atoms with E-state index in [1.54, 1.807) is 0 Å². The highest BCUT2D eigenvalue weighted by atomic mass is 16.4. The van der Waals surface area contributed by atoms with Gasteiger partial charge in [-0.05, 0) is 18.6 Å². The standard InChI is InChI=1S/C13H18N2O3/c1-2-6-11(9-12(16)15-13(17)18)14-10-7-4-3-5-8-10/h3-5,7-8,11,14H,2,6,9H2,1H3,(H,15,16)(H,17,18). The lowest BCUT2D eigenvalue weighted by Crippen LogP contribution is -2.34. The van der Waals surface area contributed by atoms with Crippen molar-refractivity contribution in [3.8, 4) is 0 Å². The summed E-state index contributed by atoms with van der Waals surface area (Å²) in [6, 6.07) is 9.49. The highest BCUT2D eigenvalue weighted by Gasteiger charge is 2.14. The van der Waals surface area contributed by atoms with Crippen molar-refractivity contribution >= 4 is 17.7 Å². The molecule has 5 nitrogen and oxygen atoms in total. The van der Waals surface area contributed by atoms with E-state index in [0.29, 0.717) is 0 Å². The number of imide groups is 1. The topological polar surface area (TPSA) is 78.4 Å². The smallest absolute Gasteiger partial charge is 0.411 e. The minimum atomic E-state index is -1.31. The molecule has 0 aliphatic carbocycles. The zero-order valence-electron chi connectivity index (χ0n) is 10.3. The molecule has 18 heavy (non-hydrogen) atoms. The molecular weight excluding hydrogens is 232 g/mol. The average molecular weight is 250 g/mol. The zero-order chi connectivity index (χ0) is 13.4. The summed E-state index contributed by atoms with van der Waals surface area (Å²) < 4.78 is 0. The minimum Gasteiger partial charge on any atom is -0.465 e. The number of para-hydroxylation sites is 1. The molecule has 1 aromatic carbocycles. The lowest BCUT2D eigenvalue weighted by Gasteiger charge is -2.18. The molecule has 3 N–H and O–H groups in total. The second-order valence-electron chi connectivity index (χ2n) is 4.05. The van der Waals surface area contributed by atoms with Crippen LogP contribution < -0.4 is 10.6 Å². The highest BCUT2D eigenvalue weighted by molar-refractivity contribution is 5.91. The summed E-state index contributed by atoms with van der Waals surface area (Å²) in [5.41, 5.74) is 0.930. The van der Waals surface area contributed by atoms with Gasteiger partial charge in [0.25, 0.3) is 0 Å². The Morgan fingerprint density at radius 2 is 1.94 bits per heavy atom. The van der Waals surface area contributed by atoms with E-state index in [0.717, 1.165) is 18.5 Å². The predicted octanol–water partition coefficient (Wildman–Crippen LogP) is 2.45. The monoisotopic (exact) mass is 250 g/mol. The molecule has 2 amide bonds. The van der Waals surface area contributed by atoms with Crippen molar-refractivity contribution in [2.75, 3.05) is 5.32 Å². The molecule has 0 aliphatic heterocycles. The molecule has 98 valence electrons. The Labute approximate surface area is 106 Å². The van der Waals surface area contributed by atoms with E-state index >= 15 is 0 Å². The van der Waals surface area contributed by atoms with Gasteiger partial charge in [0, 0.05) is 18.2 Å². The Morgan fingerprint density at radius 3 is 2.50 bits per heavy atom. The van der Waals surface area contributed by atoms with Gasteiger partial charge in [-0.25, -0.2) is 4.79 Å². The molecule has 0 aromatic heterocycles. The van der Waals surface area contributed by atoms with Gasteiger partial charge in [-0.3, -0.25) is 10.1 Å². The van der Waals surface area contributed by atoms with Gasteiger partial charge in [0.2, 0.25) is 5.91 Å². The van der Waals surface area contributed by atoms with E-state index in [1.165, 1.54) is 0 Å². The second kappa shape index (κ2) is 7.32. The number of rotatable bonds is 6. The van der Waals surface area contributed by atoms with Gasteiger partial charge < -0.3 is 10.4 Å². The summed E-state index contributed by atoms with van der Waals surface area (Å²) in [7, 11) is 0. The number of carbonyl (C=O) groups is 2. The quantitative estimate of drug-likeness (QED) is 0.724. The van der Waals surface area contributed by atoms with Crippen LogP contribution in [0.3, 0.4) is 0 Å². The van der Waals surface area contributed by atoms with Crippen LogP contribution in [-0.4, -0.2) is 23.1 Å². The molecule has 0 spiro atoms. The Kier molecular flexibility index (Phi) is 5.70. The molecule has 0 radical (unpaired) electrons. The maximum Gasteiger partial charge on any atom is 0.411 e. The van der Waals surface area contributed by atoms with E-state index in [9.17, 15) is 9.59 Å². The number of benzene rings is 1. The first kappa shape index (κ1) is 14.0. The fraction of sp³-hybridized carbons (Fsp3) is 0.385. The van der Waals surface area contributed by atoms with Crippen molar-refractivity contribution in [2.45, 2.75) is 32.2 Å². The first-order valence-corrected chi connectivity index (χ1v) is 5.96. The maximum absolute atomic E-state index is 11.4. The van der Waals surface area contributed by atoms with Crippen molar-refractivity contribution < 1.29 is 14.7 Å². The van der Waals surface area contributed by atoms with Crippen molar-refractivity contribution in [3.05, 3.63) is 30.3 Å². The van der Waals surface area contributed by atoms with Gasteiger partial charge in [-0.2, -0.15) is 0 Å². The van der Waals surface area contributed by atoms with Crippen molar-refractivity contribution in [1.82, 2.24) is 5.32 Å². The summed E-state index contributed by atoms with van der Waals surface area (Å²) in [6.07, 6.45) is 0.567. The molecule has 0 bridgehead atoms. The van der Waals surface area contributed by atoms with Gasteiger partial charge in [0.15, 0.2) is 0 Å². The number of amides is 2. The summed E-state index contributed by atoms with van der Waals surface area (Å²) in [5, 5.41) is 13.5. The third-order valence-corrected chi connectivity index (χ3v) is 2.46. The van der Waals surface area contributed by atoms with Crippen LogP contribution >= 0.6 is 0 Å². The fourth-order valence-electron chi connectivity index (χ4n) is 1.74. The summed E-state index contributed by atoms with van der Waals surface area (Å²) in [5.74, 6) is -0.482. The maximum atomic E-state index is 11.4. The number of nitrogens with one attached hydrogen (secondary N) is 2. The summed E-state index contributed by atoms with van der Waals surface area (Å²) in [4.78, 5) is 21.8. The van der Waals surface area contributed by atoms with Gasteiger partial charge >= 0.3 is 6.09 Å². The number of carbonyl (C=O) groups excluding carboxylic acids is 1. The molecule has 0 heterocycles. The van der Waals surface area contributed by atoms with Crippen LogP contribution in [0.1, 0.15) is 26.2 Å². The zero-order valence-corrected chi connectivity index (χ0v) is 10.3. The summed E-state index contributed by atoms with van der Waals surface area (Å²) in [6.45, 7) is 2.02. The average Bonchev–Trinajstić information content (AvgIpc) is 2.29. The first-order valence-electron chi connectivity index (χ1n) is 5.96. The third-order valence-electron chi connectivity index (χ3n) is 2.46. The Balaban J connectivity index is 2.54. The normalized spacial score (nSPS) is 11.6. The number of anilines is 1. The molecule has 0 saturated heterocycles.